The molecule has 3 heterocycles. The van der Waals surface area contributed by atoms with Crippen molar-refractivity contribution in [3.8, 4) is 11.3 Å². The number of hydrogen-bond donors (Lipinski definition) is 1. The first-order chi connectivity index (χ1) is 17.0. The lowest BCUT2D eigenvalue weighted by molar-refractivity contribution is -0.0178. The summed E-state index contributed by atoms with van der Waals surface area (Å²) < 4.78 is 7.57. The van der Waals surface area contributed by atoms with E-state index in [9.17, 15) is 4.79 Å². The molecule has 2 saturated heterocycles. The molecule has 1 N–H and O–H groups in total. The summed E-state index contributed by atoms with van der Waals surface area (Å²) >= 11 is 0. The molecule has 6 nitrogen and oxygen atoms in total. The highest BCUT2D eigenvalue weighted by Gasteiger charge is 2.40. The quantitative estimate of drug-likeness (QED) is 0.546. The van der Waals surface area contributed by atoms with Crippen LogP contribution in [0.2, 0.25) is 0 Å². The van der Waals surface area contributed by atoms with Crippen molar-refractivity contribution in [2.75, 3.05) is 32.8 Å². The molecule has 184 valence electrons. The van der Waals surface area contributed by atoms with Gasteiger partial charge in [-0.2, -0.15) is 5.10 Å². The average Bonchev–Trinajstić information content (AvgIpc) is 3.57. The maximum Gasteiger partial charge on any atom is 0.255 e. The zero-order valence-corrected chi connectivity index (χ0v) is 20.9. The number of carbonyl (C=O) groups excluding carboxylic acids is 1. The van der Waals surface area contributed by atoms with Crippen LogP contribution in [0.5, 0.6) is 0 Å². The molecule has 1 amide bonds. The lowest BCUT2D eigenvalue weighted by Crippen LogP contribution is -2.57. The van der Waals surface area contributed by atoms with Crippen LogP contribution in [0, 0.1) is 13.8 Å². The normalized spacial score (nSPS) is 18.0. The Morgan fingerprint density at radius 2 is 1.77 bits per heavy atom. The molecule has 0 spiro atoms. The summed E-state index contributed by atoms with van der Waals surface area (Å²) in [6.07, 6.45) is 6.30. The number of nitrogens with one attached hydrogen (secondary N) is 1. The monoisotopic (exact) mass is 472 g/mol. The van der Waals surface area contributed by atoms with Gasteiger partial charge in [-0.25, -0.2) is 0 Å². The van der Waals surface area contributed by atoms with E-state index in [1.54, 1.807) is 0 Å². The first-order valence-corrected chi connectivity index (χ1v) is 12.8. The minimum atomic E-state index is -0.0531. The van der Waals surface area contributed by atoms with Crippen LogP contribution >= 0.6 is 0 Å². The number of rotatable bonds is 7. The van der Waals surface area contributed by atoms with Crippen LogP contribution < -0.4 is 5.32 Å². The lowest BCUT2D eigenvalue weighted by atomic mass is 9.88. The van der Waals surface area contributed by atoms with Crippen molar-refractivity contribution in [1.29, 1.82) is 0 Å². The topological polar surface area (TPSA) is 59.4 Å². The van der Waals surface area contributed by atoms with Gasteiger partial charge in [0.1, 0.15) is 5.69 Å². The van der Waals surface area contributed by atoms with Crippen molar-refractivity contribution in [2.45, 2.75) is 51.6 Å². The second-order valence-electron chi connectivity index (χ2n) is 10.1. The molecule has 35 heavy (non-hydrogen) atoms. The van der Waals surface area contributed by atoms with E-state index in [2.05, 4.69) is 54.4 Å². The molecule has 2 fully saturated rings. The highest BCUT2D eigenvalue weighted by molar-refractivity contribution is 5.99. The van der Waals surface area contributed by atoms with Crippen LogP contribution in [0.3, 0.4) is 0 Å². The summed E-state index contributed by atoms with van der Waals surface area (Å²) in [5.41, 5.74) is 5.92. The van der Waals surface area contributed by atoms with Gasteiger partial charge < -0.3 is 10.1 Å². The Morgan fingerprint density at radius 3 is 2.49 bits per heavy atom. The highest BCUT2D eigenvalue weighted by atomic mass is 16.5. The summed E-state index contributed by atoms with van der Waals surface area (Å²) in [6, 6.07) is 16.5. The molecule has 0 bridgehead atoms. The zero-order chi connectivity index (χ0) is 24.3. The van der Waals surface area contributed by atoms with Gasteiger partial charge in [0.2, 0.25) is 0 Å². The molecule has 0 aliphatic carbocycles. The van der Waals surface area contributed by atoms with Crippen molar-refractivity contribution in [3.05, 3.63) is 77.0 Å². The maximum absolute atomic E-state index is 13.6. The summed E-state index contributed by atoms with van der Waals surface area (Å²) in [7, 11) is 0. The molecule has 5 rings (SSSR count). The number of aryl methyl sites for hydroxylation is 2. The molecule has 0 radical (unpaired) electrons. The van der Waals surface area contributed by atoms with E-state index in [0.29, 0.717) is 18.7 Å². The van der Waals surface area contributed by atoms with Crippen LogP contribution in [0.25, 0.3) is 11.3 Å². The van der Waals surface area contributed by atoms with Crippen molar-refractivity contribution in [1.82, 2.24) is 20.0 Å². The van der Waals surface area contributed by atoms with Gasteiger partial charge in [-0.15, -0.1) is 0 Å². The van der Waals surface area contributed by atoms with Crippen molar-refractivity contribution in [3.63, 3.8) is 0 Å². The number of nitrogens with zero attached hydrogens (tertiary/aromatic N) is 3. The van der Waals surface area contributed by atoms with E-state index in [1.165, 1.54) is 24.0 Å². The average molecular weight is 473 g/mol. The van der Waals surface area contributed by atoms with E-state index in [1.807, 2.05) is 29.1 Å². The summed E-state index contributed by atoms with van der Waals surface area (Å²) in [4.78, 5) is 16.2. The van der Waals surface area contributed by atoms with Gasteiger partial charge >= 0.3 is 0 Å². The van der Waals surface area contributed by atoms with Crippen molar-refractivity contribution >= 4 is 5.91 Å². The van der Waals surface area contributed by atoms with Crippen LogP contribution in [-0.2, 0) is 11.3 Å². The maximum atomic E-state index is 13.6. The predicted molar refractivity (Wildman–Crippen MR) is 139 cm³/mol. The minimum Gasteiger partial charge on any atom is -0.381 e. The Kier molecular flexibility index (Phi) is 7.02. The number of likely N-dealkylation sites (tertiary alicyclic amines) is 1. The number of hydrogen-bond acceptors (Lipinski definition) is 4. The van der Waals surface area contributed by atoms with E-state index in [-0.39, 0.29) is 11.4 Å². The zero-order valence-electron chi connectivity index (χ0n) is 20.9. The molecular weight excluding hydrogens is 436 g/mol. The highest BCUT2D eigenvalue weighted by Crippen LogP contribution is 2.31. The Bertz CT molecular complexity index is 1160. The van der Waals surface area contributed by atoms with Crippen LogP contribution in [0.4, 0.5) is 0 Å². The third kappa shape index (κ3) is 5.19. The standard InChI is InChI=1S/C29H36N4O2/c1-22-10-11-25(18-23(22)2)27-26(20-33(31-27)19-24-8-4-3-5-9-24)28(34)30-21-29(12-16-35-17-13-29)32-14-6-7-15-32/h3-5,8-11,18,20H,6-7,12-17,19,21H2,1-2H3,(H,30,34). The van der Waals surface area contributed by atoms with Gasteiger partial charge in [0.25, 0.3) is 5.91 Å². The third-order valence-electron chi connectivity index (χ3n) is 7.75. The van der Waals surface area contributed by atoms with Crippen LogP contribution in [-0.4, -0.2) is 59.0 Å². The number of benzene rings is 2. The first kappa shape index (κ1) is 23.8. The Morgan fingerprint density at radius 1 is 1.03 bits per heavy atom. The summed E-state index contributed by atoms with van der Waals surface area (Å²) in [5.74, 6) is -0.0531. The fraction of sp³-hybridized carbons (Fsp3) is 0.448. The molecule has 6 heteroatoms. The van der Waals surface area contributed by atoms with Gasteiger partial charge in [-0.05, 0) is 75.4 Å². The molecule has 2 aliphatic heterocycles. The molecule has 3 aromatic rings. The number of ether oxygens (including phenoxy) is 1. The molecule has 0 atom stereocenters. The van der Waals surface area contributed by atoms with E-state index < -0.39 is 0 Å². The lowest BCUT2D eigenvalue weighted by Gasteiger charge is -2.44. The molecule has 1 aromatic heterocycles. The van der Waals surface area contributed by atoms with Gasteiger partial charge in [0, 0.05) is 37.1 Å². The fourth-order valence-electron chi connectivity index (χ4n) is 5.43. The van der Waals surface area contributed by atoms with Crippen LogP contribution in [0.15, 0.2) is 54.7 Å². The molecule has 2 aromatic carbocycles. The molecule has 0 saturated carbocycles. The Labute approximate surface area is 208 Å². The second-order valence-corrected chi connectivity index (χ2v) is 10.1. The minimum absolute atomic E-state index is 0.00888. The molecule has 2 aliphatic rings. The number of aromatic nitrogens is 2. The Balaban J connectivity index is 1.42. The smallest absolute Gasteiger partial charge is 0.255 e. The van der Waals surface area contributed by atoms with Gasteiger partial charge in [-0.3, -0.25) is 14.4 Å². The predicted octanol–water partition coefficient (Wildman–Crippen LogP) is 4.59. The Hall–Kier alpha value is -2.96. The molecular formula is C29H36N4O2. The largest absolute Gasteiger partial charge is 0.381 e. The van der Waals surface area contributed by atoms with Crippen LogP contribution in [0.1, 0.15) is 52.7 Å². The summed E-state index contributed by atoms with van der Waals surface area (Å²) in [6.45, 7) is 9.21. The van der Waals surface area contributed by atoms with Gasteiger partial charge in [0.15, 0.2) is 0 Å². The second kappa shape index (κ2) is 10.3. The van der Waals surface area contributed by atoms with Crippen molar-refractivity contribution in [2.24, 2.45) is 0 Å². The number of carbonyl (C=O) groups is 1. The van der Waals surface area contributed by atoms with Crippen molar-refractivity contribution < 1.29 is 9.53 Å². The molecule has 0 unspecified atom stereocenters. The SMILES string of the molecule is Cc1ccc(-c2nn(Cc3ccccc3)cc2C(=O)NCC2(N3CCCC3)CCOCC2)cc1C. The number of amides is 1. The summed E-state index contributed by atoms with van der Waals surface area (Å²) in [5, 5.41) is 8.19. The van der Waals surface area contributed by atoms with E-state index in [0.717, 1.165) is 56.0 Å². The van der Waals surface area contributed by atoms with E-state index >= 15 is 0 Å². The third-order valence-corrected chi connectivity index (χ3v) is 7.75. The van der Waals surface area contributed by atoms with E-state index in [4.69, 9.17) is 9.84 Å². The van der Waals surface area contributed by atoms with Gasteiger partial charge in [-0.1, -0.05) is 42.5 Å². The fourth-order valence-corrected chi connectivity index (χ4v) is 5.43. The van der Waals surface area contributed by atoms with Gasteiger partial charge in [0.05, 0.1) is 12.1 Å². The first-order valence-electron chi connectivity index (χ1n) is 12.8.